The Kier molecular flexibility index (Phi) is 9.78. The zero-order valence-corrected chi connectivity index (χ0v) is 19.3. The van der Waals surface area contributed by atoms with Crippen molar-refractivity contribution in [3.63, 3.8) is 0 Å². The van der Waals surface area contributed by atoms with Crippen LogP contribution in [0.25, 0.3) is 10.8 Å². The van der Waals surface area contributed by atoms with Gasteiger partial charge in [0, 0.05) is 0 Å². The van der Waals surface area contributed by atoms with Gasteiger partial charge in [-0.25, -0.2) is 0 Å². The van der Waals surface area contributed by atoms with Gasteiger partial charge in [0.15, 0.2) is 0 Å². The molecular weight excluding hydrogens is 445 g/mol. The van der Waals surface area contributed by atoms with Crippen molar-refractivity contribution < 1.29 is 51.0 Å². The number of benzene rings is 1. The number of fused-ring (bicyclic) bond motifs is 2. The summed E-state index contributed by atoms with van der Waals surface area (Å²) in [7, 11) is -0.0640. The molecule has 0 saturated heterocycles. The van der Waals surface area contributed by atoms with E-state index in [0.29, 0.717) is 5.92 Å². The molecule has 1 saturated carbocycles. The van der Waals surface area contributed by atoms with E-state index in [0.717, 1.165) is 11.6 Å². The number of hydrogen-bond acceptors (Lipinski definition) is 0. The van der Waals surface area contributed by atoms with E-state index in [-0.39, 0.29) is 58.9 Å². The average molecular weight is 469 g/mol. The molecule has 2 aromatic rings. The Bertz CT molecular complexity index is 669. The first-order valence-corrected chi connectivity index (χ1v) is 10.1. The second-order valence-electron chi connectivity index (χ2n) is 6.54. The standard InChI is InChI=1S/C21H23P.2ClH.Zr/c1-2-11-22(20-12-16-7-3-4-8-17(16)13-20)21-14-18-9-5-6-10-19(18)15-21;;;/h3-10,12-14,18-19,21H,2,11,15H2,1H3;2*1H;/q-2;;;+4/p-2. The summed E-state index contributed by atoms with van der Waals surface area (Å²) in [5.74, 6) is 1.43. The summed E-state index contributed by atoms with van der Waals surface area (Å²) in [5.41, 5.74) is 0.786. The predicted octanol–water partition coefficient (Wildman–Crippen LogP) is -0.584. The van der Waals surface area contributed by atoms with Gasteiger partial charge in [-0.2, -0.15) is 6.07 Å². The van der Waals surface area contributed by atoms with Crippen molar-refractivity contribution in [3.8, 4) is 0 Å². The first kappa shape index (κ1) is 23.2. The van der Waals surface area contributed by atoms with E-state index in [1.807, 2.05) is 0 Å². The van der Waals surface area contributed by atoms with Gasteiger partial charge in [0.1, 0.15) is 0 Å². The SMILES string of the molecule is CCCP(c1cc2ccccc2[cH-]1)C1[CH-]C2C=CC=CC2C1.[Cl-].[Cl-].[Zr+4]. The normalized spacial score (nSPS) is 24.8. The Morgan fingerprint density at radius 2 is 1.88 bits per heavy atom. The van der Waals surface area contributed by atoms with Crippen LogP contribution in [-0.4, -0.2) is 11.8 Å². The Balaban J connectivity index is 0.00000104. The maximum Gasteiger partial charge on any atom is 4.00 e. The van der Waals surface area contributed by atoms with Crippen LogP contribution in [0.15, 0.2) is 60.7 Å². The van der Waals surface area contributed by atoms with E-state index >= 15 is 0 Å². The van der Waals surface area contributed by atoms with Crippen molar-refractivity contribution >= 4 is 24.0 Å². The third-order valence-electron chi connectivity index (χ3n) is 5.05. The zero-order chi connectivity index (χ0) is 14.9. The second kappa shape index (κ2) is 10.5. The van der Waals surface area contributed by atoms with Crippen molar-refractivity contribution in [2.24, 2.45) is 11.8 Å². The van der Waals surface area contributed by atoms with Crippen LogP contribution >= 0.6 is 7.92 Å². The second-order valence-corrected chi connectivity index (χ2v) is 9.11. The Hall–Kier alpha value is 0.203. The summed E-state index contributed by atoms with van der Waals surface area (Å²) in [6, 6.07) is 13.7. The molecule has 2 aliphatic carbocycles. The van der Waals surface area contributed by atoms with Crippen molar-refractivity contribution in [3.05, 3.63) is 67.1 Å². The maximum absolute atomic E-state index is 2.66. The molecule has 1 fully saturated rings. The molecule has 0 heterocycles. The first-order valence-electron chi connectivity index (χ1n) is 8.47. The number of allylic oxidation sites excluding steroid dienone is 4. The maximum atomic E-state index is 2.66. The van der Waals surface area contributed by atoms with Crippen molar-refractivity contribution in [2.75, 3.05) is 6.16 Å². The van der Waals surface area contributed by atoms with E-state index in [9.17, 15) is 0 Å². The summed E-state index contributed by atoms with van der Waals surface area (Å²) in [5, 5.41) is 4.44. The fraction of sp³-hybridized carbons (Fsp3) is 0.333. The molecule has 130 valence electrons. The topological polar surface area (TPSA) is 0 Å². The molecule has 0 N–H and O–H groups in total. The van der Waals surface area contributed by atoms with Crippen LogP contribution < -0.4 is 30.1 Å². The van der Waals surface area contributed by atoms with Gasteiger partial charge in [-0.3, -0.25) is 0 Å². The van der Waals surface area contributed by atoms with Gasteiger partial charge in [0.2, 0.25) is 0 Å². The quantitative estimate of drug-likeness (QED) is 0.416. The molecule has 0 aromatic heterocycles. The van der Waals surface area contributed by atoms with Crippen LogP contribution in [0.4, 0.5) is 0 Å². The van der Waals surface area contributed by atoms with Crippen LogP contribution in [-0.2, 0) is 26.2 Å². The summed E-state index contributed by atoms with van der Waals surface area (Å²) in [6.45, 7) is 2.33. The molecule has 4 unspecified atom stereocenters. The Labute approximate surface area is 184 Å². The summed E-state index contributed by atoms with van der Waals surface area (Å²) >= 11 is 0. The summed E-state index contributed by atoms with van der Waals surface area (Å²) in [6.07, 6.45) is 15.9. The molecule has 0 amide bonds. The van der Waals surface area contributed by atoms with Crippen molar-refractivity contribution in [1.29, 1.82) is 0 Å². The van der Waals surface area contributed by atoms with Gasteiger partial charge in [0.05, 0.1) is 0 Å². The summed E-state index contributed by atoms with van der Waals surface area (Å²) in [4.78, 5) is 0. The minimum atomic E-state index is -0.0640. The van der Waals surface area contributed by atoms with E-state index in [2.05, 4.69) is 74.0 Å². The number of halogens is 2. The Morgan fingerprint density at radius 3 is 2.60 bits per heavy atom. The minimum absolute atomic E-state index is 0. The monoisotopic (exact) mass is 466 g/mol. The largest absolute Gasteiger partial charge is 4.00 e. The molecule has 0 nitrogen and oxygen atoms in total. The Morgan fingerprint density at radius 1 is 1.12 bits per heavy atom. The van der Waals surface area contributed by atoms with Crippen molar-refractivity contribution in [1.82, 2.24) is 0 Å². The molecule has 0 spiro atoms. The van der Waals surface area contributed by atoms with Crippen LogP contribution in [0.1, 0.15) is 19.8 Å². The van der Waals surface area contributed by atoms with Gasteiger partial charge in [-0.1, -0.05) is 44.1 Å². The molecule has 0 aliphatic heterocycles. The predicted molar refractivity (Wildman–Crippen MR) is 99.2 cm³/mol. The molecule has 4 rings (SSSR count). The van der Waals surface area contributed by atoms with Crippen LogP contribution in [0.5, 0.6) is 0 Å². The van der Waals surface area contributed by atoms with E-state index < -0.39 is 0 Å². The van der Waals surface area contributed by atoms with Gasteiger partial charge >= 0.3 is 26.2 Å². The smallest absolute Gasteiger partial charge is 1.00 e. The molecule has 4 heteroatoms. The van der Waals surface area contributed by atoms with Gasteiger partial charge < -0.3 is 31.2 Å². The molecule has 0 radical (unpaired) electrons. The first-order chi connectivity index (χ1) is 10.8. The molecule has 2 aliphatic rings. The minimum Gasteiger partial charge on any atom is -1.00 e. The number of rotatable bonds is 4. The molecule has 4 atom stereocenters. The fourth-order valence-corrected chi connectivity index (χ4v) is 6.95. The van der Waals surface area contributed by atoms with Crippen LogP contribution in [0, 0.1) is 18.3 Å². The van der Waals surface area contributed by atoms with E-state index in [1.165, 1.54) is 29.8 Å². The zero-order valence-electron chi connectivity index (χ0n) is 14.4. The fourth-order valence-electron chi connectivity index (χ4n) is 3.99. The van der Waals surface area contributed by atoms with Gasteiger partial charge in [-0.05, 0) is 12.1 Å². The molecule has 25 heavy (non-hydrogen) atoms. The molecular formula is C21H23Cl2PZr. The molecule has 0 bridgehead atoms. The third-order valence-corrected chi connectivity index (χ3v) is 8.09. The summed E-state index contributed by atoms with van der Waals surface area (Å²) < 4.78 is 0. The number of hydrogen-bond donors (Lipinski definition) is 0. The van der Waals surface area contributed by atoms with Crippen LogP contribution in [0.2, 0.25) is 0 Å². The van der Waals surface area contributed by atoms with Gasteiger partial charge in [-0.15, -0.1) is 65.9 Å². The average Bonchev–Trinajstić information content (AvgIpc) is 3.15. The van der Waals surface area contributed by atoms with Gasteiger partial charge in [0.25, 0.3) is 0 Å². The molecule has 2 aromatic carbocycles. The third kappa shape index (κ3) is 4.93. The van der Waals surface area contributed by atoms with E-state index in [1.54, 1.807) is 5.30 Å². The van der Waals surface area contributed by atoms with Crippen molar-refractivity contribution in [2.45, 2.75) is 25.4 Å². The van der Waals surface area contributed by atoms with Crippen LogP contribution in [0.3, 0.4) is 0 Å². The van der Waals surface area contributed by atoms with E-state index in [4.69, 9.17) is 0 Å².